The number of aryl methyl sites for hydroxylation is 1. The van der Waals surface area contributed by atoms with Crippen LogP contribution >= 0.6 is 0 Å². The van der Waals surface area contributed by atoms with Gasteiger partial charge < -0.3 is 34.9 Å². The molecule has 0 radical (unpaired) electrons. The molecular formula is C23H32N2O7. The van der Waals surface area contributed by atoms with Gasteiger partial charge >= 0.3 is 0 Å². The summed E-state index contributed by atoms with van der Waals surface area (Å²) in [7, 11) is 0. The molecule has 0 bridgehead atoms. The van der Waals surface area contributed by atoms with Crippen LogP contribution in [0.4, 0.5) is 0 Å². The number of nitrogens with one attached hydrogen (secondary N) is 1. The molecule has 9 heteroatoms. The Morgan fingerprint density at radius 2 is 1.84 bits per heavy atom. The quantitative estimate of drug-likeness (QED) is 0.400. The SMILES string of the molecule is CCCOc1ccc(C2OC(CO)C(O)C(O)C2O)cc1-c1nc(CC)c(CC)c(=O)[nH]1. The Bertz CT molecular complexity index is 975. The van der Waals surface area contributed by atoms with Crippen LogP contribution in [-0.2, 0) is 17.6 Å². The minimum absolute atomic E-state index is 0.214. The lowest BCUT2D eigenvalue weighted by atomic mass is 9.90. The molecule has 1 fully saturated rings. The highest BCUT2D eigenvalue weighted by Gasteiger charge is 2.44. The van der Waals surface area contributed by atoms with E-state index in [0.29, 0.717) is 53.4 Å². The van der Waals surface area contributed by atoms with Crippen molar-refractivity contribution in [2.45, 2.75) is 70.6 Å². The molecule has 0 saturated carbocycles. The molecule has 1 aliphatic rings. The second kappa shape index (κ2) is 10.5. The molecule has 5 N–H and O–H groups in total. The minimum atomic E-state index is -1.49. The Kier molecular flexibility index (Phi) is 8.02. The van der Waals surface area contributed by atoms with Crippen molar-refractivity contribution in [3.05, 3.63) is 45.4 Å². The average molecular weight is 449 g/mol. The molecule has 3 rings (SSSR count). The molecule has 1 aromatic carbocycles. The van der Waals surface area contributed by atoms with Crippen molar-refractivity contribution in [2.75, 3.05) is 13.2 Å². The number of nitrogens with zero attached hydrogens (tertiary/aromatic N) is 1. The molecule has 2 heterocycles. The average Bonchev–Trinajstić information content (AvgIpc) is 2.80. The van der Waals surface area contributed by atoms with E-state index in [1.807, 2.05) is 20.8 Å². The number of aromatic nitrogens is 2. The number of ether oxygens (including phenoxy) is 2. The topological polar surface area (TPSA) is 145 Å². The number of aromatic amines is 1. The Morgan fingerprint density at radius 3 is 2.47 bits per heavy atom. The van der Waals surface area contributed by atoms with Crippen molar-refractivity contribution in [1.82, 2.24) is 9.97 Å². The first-order valence-electron chi connectivity index (χ1n) is 11.1. The fourth-order valence-corrected chi connectivity index (χ4v) is 3.95. The maximum atomic E-state index is 12.7. The van der Waals surface area contributed by atoms with Gasteiger partial charge in [-0.2, -0.15) is 0 Å². The highest BCUT2D eigenvalue weighted by atomic mass is 16.5. The standard InChI is InChI=1S/C23H32N2O7/c1-4-9-31-16-8-7-12(21-20(29)19(28)18(27)17(11-26)32-21)10-14(16)22-24-15(6-3)13(5-2)23(30)25-22/h7-8,10,17-21,26-29H,4-6,9,11H2,1-3H3,(H,24,25,30). The van der Waals surface area contributed by atoms with Crippen LogP contribution in [0.25, 0.3) is 11.4 Å². The molecule has 0 amide bonds. The zero-order valence-electron chi connectivity index (χ0n) is 18.6. The van der Waals surface area contributed by atoms with Crippen LogP contribution in [0.5, 0.6) is 5.75 Å². The molecular weight excluding hydrogens is 416 g/mol. The summed E-state index contributed by atoms with van der Waals surface area (Å²) in [6.07, 6.45) is -4.42. The van der Waals surface area contributed by atoms with E-state index in [0.717, 1.165) is 6.42 Å². The highest BCUT2D eigenvalue weighted by Crippen LogP contribution is 2.37. The number of aliphatic hydroxyl groups is 4. The van der Waals surface area contributed by atoms with E-state index >= 15 is 0 Å². The molecule has 1 aliphatic heterocycles. The highest BCUT2D eigenvalue weighted by molar-refractivity contribution is 5.65. The number of H-pyrrole nitrogens is 1. The van der Waals surface area contributed by atoms with Crippen molar-refractivity contribution in [3.8, 4) is 17.1 Å². The summed E-state index contributed by atoms with van der Waals surface area (Å²) in [6, 6.07) is 5.06. The van der Waals surface area contributed by atoms with E-state index in [-0.39, 0.29) is 5.56 Å². The van der Waals surface area contributed by atoms with Crippen LogP contribution in [0.3, 0.4) is 0 Å². The van der Waals surface area contributed by atoms with Crippen LogP contribution in [0.15, 0.2) is 23.0 Å². The lowest BCUT2D eigenvalue weighted by Crippen LogP contribution is -2.55. The fourth-order valence-electron chi connectivity index (χ4n) is 3.95. The Balaban J connectivity index is 2.10. The van der Waals surface area contributed by atoms with E-state index in [4.69, 9.17) is 9.47 Å². The molecule has 5 unspecified atom stereocenters. The molecule has 5 atom stereocenters. The van der Waals surface area contributed by atoms with Gasteiger partial charge in [0, 0.05) is 5.56 Å². The van der Waals surface area contributed by atoms with Gasteiger partial charge in [0.05, 0.1) is 24.5 Å². The third kappa shape index (κ3) is 4.72. The van der Waals surface area contributed by atoms with Gasteiger partial charge in [-0.15, -0.1) is 0 Å². The Labute approximate surface area is 186 Å². The van der Waals surface area contributed by atoms with Gasteiger partial charge in [0.25, 0.3) is 5.56 Å². The summed E-state index contributed by atoms with van der Waals surface area (Å²) < 4.78 is 11.6. The normalized spacial score (nSPS) is 25.7. The summed E-state index contributed by atoms with van der Waals surface area (Å²) in [5.41, 5.74) is 2.13. The summed E-state index contributed by atoms with van der Waals surface area (Å²) in [5.74, 6) is 0.844. The summed E-state index contributed by atoms with van der Waals surface area (Å²) in [6.45, 7) is 5.76. The van der Waals surface area contributed by atoms with E-state index in [2.05, 4.69) is 9.97 Å². The molecule has 32 heavy (non-hydrogen) atoms. The van der Waals surface area contributed by atoms with Crippen LogP contribution < -0.4 is 10.3 Å². The fraction of sp³-hybridized carbons (Fsp3) is 0.565. The monoisotopic (exact) mass is 448 g/mol. The van der Waals surface area contributed by atoms with Crippen LogP contribution in [0, 0.1) is 0 Å². The molecule has 1 saturated heterocycles. The zero-order valence-corrected chi connectivity index (χ0v) is 18.6. The number of benzene rings is 1. The largest absolute Gasteiger partial charge is 0.493 e. The molecule has 2 aromatic rings. The second-order valence-corrected chi connectivity index (χ2v) is 7.90. The van der Waals surface area contributed by atoms with Gasteiger partial charge in [-0.25, -0.2) is 4.98 Å². The van der Waals surface area contributed by atoms with E-state index in [9.17, 15) is 25.2 Å². The summed E-state index contributed by atoms with van der Waals surface area (Å²) in [4.78, 5) is 20.1. The number of hydrogen-bond acceptors (Lipinski definition) is 8. The number of hydrogen-bond donors (Lipinski definition) is 5. The predicted molar refractivity (Wildman–Crippen MR) is 118 cm³/mol. The number of rotatable bonds is 8. The van der Waals surface area contributed by atoms with Crippen molar-refractivity contribution in [3.63, 3.8) is 0 Å². The first kappa shape index (κ1) is 24.3. The first-order valence-corrected chi connectivity index (χ1v) is 11.1. The Hall–Kier alpha value is -2.30. The first-order chi connectivity index (χ1) is 15.4. The molecule has 0 spiro atoms. The van der Waals surface area contributed by atoms with Crippen molar-refractivity contribution >= 4 is 0 Å². The molecule has 176 valence electrons. The smallest absolute Gasteiger partial charge is 0.254 e. The van der Waals surface area contributed by atoms with E-state index in [1.165, 1.54) is 0 Å². The third-order valence-electron chi connectivity index (χ3n) is 5.73. The lowest BCUT2D eigenvalue weighted by Gasteiger charge is -2.40. The minimum Gasteiger partial charge on any atom is -0.493 e. The summed E-state index contributed by atoms with van der Waals surface area (Å²) >= 11 is 0. The zero-order chi connectivity index (χ0) is 23.4. The van der Waals surface area contributed by atoms with Crippen molar-refractivity contribution in [1.29, 1.82) is 0 Å². The van der Waals surface area contributed by atoms with Gasteiger partial charge in [-0.1, -0.05) is 26.8 Å². The maximum absolute atomic E-state index is 12.7. The van der Waals surface area contributed by atoms with Gasteiger partial charge in [-0.05, 0) is 37.0 Å². The lowest BCUT2D eigenvalue weighted by molar-refractivity contribution is -0.231. The molecule has 1 aromatic heterocycles. The van der Waals surface area contributed by atoms with E-state index in [1.54, 1.807) is 18.2 Å². The van der Waals surface area contributed by atoms with Gasteiger partial charge in [0.2, 0.25) is 0 Å². The van der Waals surface area contributed by atoms with Crippen molar-refractivity contribution < 1.29 is 29.9 Å². The van der Waals surface area contributed by atoms with Crippen LogP contribution in [0.1, 0.15) is 50.1 Å². The van der Waals surface area contributed by atoms with Gasteiger partial charge in [0.1, 0.15) is 42.1 Å². The van der Waals surface area contributed by atoms with Crippen molar-refractivity contribution in [2.24, 2.45) is 0 Å². The third-order valence-corrected chi connectivity index (χ3v) is 5.73. The molecule has 9 nitrogen and oxygen atoms in total. The van der Waals surface area contributed by atoms with Gasteiger partial charge in [-0.3, -0.25) is 4.79 Å². The van der Waals surface area contributed by atoms with Crippen LogP contribution in [-0.4, -0.2) is 68.0 Å². The van der Waals surface area contributed by atoms with Crippen LogP contribution in [0.2, 0.25) is 0 Å². The molecule has 0 aliphatic carbocycles. The number of aliphatic hydroxyl groups excluding tert-OH is 4. The van der Waals surface area contributed by atoms with E-state index < -0.39 is 37.1 Å². The predicted octanol–water partition coefficient (Wildman–Crippen LogP) is 0.865. The maximum Gasteiger partial charge on any atom is 0.254 e. The Morgan fingerprint density at radius 1 is 1.09 bits per heavy atom. The summed E-state index contributed by atoms with van der Waals surface area (Å²) in [5, 5.41) is 40.3. The van der Waals surface area contributed by atoms with Gasteiger partial charge in [0.15, 0.2) is 0 Å². The second-order valence-electron chi connectivity index (χ2n) is 7.90.